The molecule has 0 amide bonds. The standard InChI is InChI=1S/C46H28N2O/c1-2-13-32(14-3-1)47-40-19-9-7-16-37(40)45-41(47)26-25-36-35-15-6-8-18-39(35)48(46(36)45)33-23-21-29(22-24-33)34-17-10-20-42-44(34)38-27-30-11-4-5-12-31(30)28-43(38)49-42/h1-28H. The summed E-state index contributed by atoms with van der Waals surface area (Å²) in [5.41, 5.74) is 11.3. The molecule has 0 saturated carbocycles. The Bertz CT molecular complexity index is 3090. The Morgan fingerprint density at radius 3 is 1.86 bits per heavy atom. The average molecular weight is 625 g/mol. The largest absolute Gasteiger partial charge is 0.456 e. The topological polar surface area (TPSA) is 23.0 Å². The van der Waals surface area contributed by atoms with Crippen LogP contribution in [0.1, 0.15) is 0 Å². The minimum Gasteiger partial charge on any atom is -0.456 e. The molecule has 0 atom stereocenters. The molecule has 0 aliphatic heterocycles. The zero-order valence-corrected chi connectivity index (χ0v) is 26.5. The molecule has 49 heavy (non-hydrogen) atoms. The smallest absolute Gasteiger partial charge is 0.136 e. The van der Waals surface area contributed by atoms with Gasteiger partial charge >= 0.3 is 0 Å². The van der Waals surface area contributed by atoms with E-state index in [2.05, 4.69) is 179 Å². The number of aromatic nitrogens is 2. The van der Waals surface area contributed by atoms with Crippen LogP contribution in [0.15, 0.2) is 174 Å². The predicted molar refractivity (Wildman–Crippen MR) is 205 cm³/mol. The number of hydrogen-bond acceptors (Lipinski definition) is 1. The molecule has 3 aromatic heterocycles. The van der Waals surface area contributed by atoms with Crippen molar-refractivity contribution in [3.8, 4) is 22.5 Å². The van der Waals surface area contributed by atoms with Gasteiger partial charge in [-0.1, -0.05) is 109 Å². The zero-order chi connectivity index (χ0) is 32.1. The third kappa shape index (κ3) is 3.73. The van der Waals surface area contributed by atoms with Gasteiger partial charge in [-0.3, -0.25) is 0 Å². The first-order valence-electron chi connectivity index (χ1n) is 16.8. The van der Waals surface area contributed by atoms with Crippen LogP contribution < -0.4 is 0 Å². The van der Waals surface area contributed by atoms with Gasteiger partial charge in [0.1, 0.15) is 11.2 Å². The summed E-state index contributed by atoms with van der Waals surface area (Å²) in [6.07, 6.45) is 0. The fourth-order valence-electron chi connectivity index (χ4n) is 8.17. The highest BCUT2D eigenvalue weighted by molar-refractivity contribution is 6.26. The van der Waals surface area contributed by atoms with Crippen LogP contribution in [0.5, 0.6) is 0 Å². The number of para-hydroxylation sites is 3. The maximum absolute atomic E-state index is 6.41. The van der Waals surface area contributed by atoms with E-state index in [0.717, 1.165) is 38.9 Å². The molecule has 3 heteroatoms. The molecule has 228 valence electrons. The Hall–Kier alpha value is -6.58. The second-order valence-electron chi connectivity index (χ2n) is 12.9. The first-order valence-corrected chi connectivity index (χ1v) is 16.8. The lowest BCUT2D eigenvalue weighted by Crippen LogP contribution is -1.95. The van der Waals surface area contributed by atoms with E-state index in [1.165, 1.54) is 59.9 Å². The van der Waals surface area contributed by atoms with E-state index in [1.807, 2.05) is 0 Å². The molecule has 0 unspecified atom stereocenters. The molecule has 0 bridgehead atoms. The summed E-state index contributed by atoms with van der Waals surface area (Å²) in [5.74, 6) is 0. The van der Waals surface area contributed by atoms with Crippen LogP contribution in [0, 0.1) is 0 Å². The van der Waals surface area contributed by atoms with Crippen LogP contribution in [0.4, 0.5) is 0 Å². The molecule has 0 saturated heterocycles. The van der Waals surface area contributed by atoms with Gasteiger partial charge in [0.2, 0.25) is 0 Å². The molecule has 0 aliphatic rings. The van der Waals surface area contributed by atoms with Crippen molar-refractivity contribution in [2.75, 3.05) is 0 Å². The maximum atomic E-state index is 6.41. The molecule has 8 aromatic carbocycles. The number of hydrogen-bond donors (Lipinski definition) is 0. The van der Waals surface area contributed by atoms with E-state index in [0.29, 0.717) is 0 Å². The molecule has 0 spiro atoms. The Morgan fingerprint density at radius 1 is 0.367 bits per heavy atom. The van der Waals surface area contributed by atoms with Crippen molar-refractivity contribution in [2.45, 2.75) is 0 Å². The van der Waals surface area contributed by atoms with Gasteiger partial charge in [-0.05, 0) is 82.6 Å². The number of fused-ring (bicyclic) bond motifs is 11. The summed E-state index contributed by atoms with van der Waals surface area (Å²) >= 11 is 0. The third-order valence-corrected chi connectivity index (χ3v) is 10.3. The summed E-state index contributed by atoms with van der Waals surface area (Å²) < 4.78 is 11.3. The molecule has 3 heterocycles. The van der Waals surface area contributed by atoms with Gasteiger partial charge in [0.15, 0.2) is 0 Å². The van der Waals surface area contributed by atoms with Gasteiger partial charge < -0.3 is 13.6 Å². The highest BCUT2D eigenvalue weighted by Gasteiger charge is 2.21. The Morgan fingerprint density at radius 2 is 1.04 bits per heavy atom. The highest BCUT2D eigenvalue weighted by atomic mass is 16.3. The fraction of sp³-hybridized carbons (Fsp3) is 0. The van der Waals surface area contributed by atoms with Gasteiger partial charge in [-0.2, -0.15) is 0 Å². The SMILES string of the molecule is c1ccc(-n2c3ccccc3c3c2ccc2c4ccccc4n(-c4ccc(-c5cccc6oc7cc8ccccc8cc7c56)cc4)c23)cc1. The number of rotatable bonds is 3. The fourth-order valence-corrected chi connectivity index (χ4v) is 8.17. The Labute approximate surface area is 281 Å². The molecular weight excluding hydrogens is 597 g/mol. The summed E-state index contributed by atoms with van der Waals surface area (Å²) in [6.45, 7) is 0. The van der Waals surface area contributed by atoms with E-state index >= 15 is 0 Å². The van der Waals surface area contributed by atoms with E-state index < -0.39 is 0 Å². The van der Waals surface area contributed by atoms with Crippen molar-refractivity contribution in [1.29, 1.82) is 0 Å². The molecule has 0 aliphatic carbocycles. The summed E-state index contributed by atoms with van der Waals surface area (Å²) in [5, 5.41) is 9.72. The first kappa shape index (κ1) is 26.5. The van der Waals surface area contributed by atoms with Gasteiger partial charge in [-0.25, -0.2) is 0 Å². The first-order chi connectivity index (χ1) is 24.3. The number of nitrogens with zero attached hydrogens (tertiary/aromatic N) is 2. The minimum absolute atomic E-state index is 0.909. The predicted octanol–water partition coefficient (Wildman–Crippen LogP) is 12.6. The molecule has 3 nitrogen and oxygen atoms in total. The molecule has 11 aromatic rings. The molecule has 0 radical (unpaired) electrons. The van der Waals surface area contributed by atoms with Crippen LogP contribution in [0.3, 0.4) is 0 Å². The van der Waals surface area contributed by atoms with Crippen molar-refractivity contribution in [1.82, 2.24) is 9.13 Å². The van der Waals surface area contributed by atoms with Crippen molar-refractivity contribution < 1.29 is 4.42 Å². The lowest BCUT2D eigenvalue weighted by atomic mass is 9.98. The van der Waals surface area contributed by atoms with Crippen molar-refractivity contribution in [2.24, 2.45) is 0 Å². The third-order valence-electron chi connectivity index (χ3n) is 10.3. The lowest BCUT2D eigenvalue weighted by Gasteiger charge is -2.11. The number of furan rings is 1. The van der Waals surface area contributed by atoms with E-state index in [-0.39, 0.29) is 0 Å². The van der Waals surface area contributed by atoms with E-state index in [4.69, 9.17) is 4.42 Å². The summed E-state index contributed by atoms with van der Waals surface area (Å²) in [7, 11) is 0. The van der Waals surface area contributed by atoms with Crippen LogP contribution in [-0.4, -0.2) is 9.13 Å². The van der Waals surface area contributed by atoms with Gasteiger partial charge in [-0.15, -0.1) is 0 Å². The minimum atomic E-state index is 0.909. The van der Waals surface area contributed by atoms with Crippen molar-refractivity contribution >= 4 is 76.3 Å². The average Bonchev–Trinajstić information content (AvgIpc) is 3.81. The monoisotopic (exact) mass is 624 g/mol. The second kappa shape index (κ2) is 9.96. The van der Waals surface area contributed by atoms with Gasteiger partial charge in [0.25, 0.3) is 0 Å². The summed E-state index contributed by atoms with van der Waals surface area (Å²) in [6, 6.07) is 61.2. The quantitative estimate of drug-likeness (QED) is 0.192. The van der Waals surface area contributed by atoms with Crippen LogP contribution in [-0.2, 0) is 0 Å². The molecule has 11 rings (SSSR count). The number of benzene rings is 8. The Balaban J connectivity index is 1.17. The van der Waals surface area contributed by atoms with Crippen LogP contribution in [0.2, 0.25) is 0 Å². The highest BCUT2D eigenvalue weighted by Crippen LogP contribution is 2.43. The maximum Gasteiger partial charge on any atom is 0.136 e. The Kier molecular flexibility index (Phi) is 5.38. The van der Waals surface area contributed by atoms with E-state index in [1.54, 1.807) is 0 Å². The normalized spacial score (nSPS) is 12.1. The van der Waals surface area contributed by atoms with Crippen LogP contribution in [0.25, 0.3) is 98.8 Å². The second-order valence-corrected chi connectivity index (χ2v) is 12.9. The van der Waals surface area contributed by atoms with Crippen molar-refractivity contribution in [3.63, 3.8) is 0 Å². The van der Waals surface area contributed by atoms with E-state index in [9.17, 15) is 0 Å². The van der Waals surface area contributed by atoms with Gasteiger partial charge in [0, 0.05) is 43.7 Å². The van der Waals surface area contributed by atoms with Crippen LogP contribution >= 0.6 is 0 Å². The van der Waals surface area contributed by atoms with Gasteiger partial charge in [0.05, 0.1) is 22.1 Å². The zero-order valence-electron chi connectivity index (χ0n) is 26.5. The molecule has 0 fully saturated rings. The molecular formula is C46H28N2O. The van der Waals surface area contributed by atoms with Crippen molar-refractivity contribution in [3.05, 3.63) is 170 Å². The molecule has 0 N–H and O–H groups in total. The summed E-state index contributed by atoms with van der Waals surface area (Å²) in [4.78, 5) is 0. The lowest BCUT2D eigenvalue weighted by molar-refractivity contribution is 0.669.